The SMILES string of the molecule is O=S(=O)(c1ccc(-c2ccccn2)s1)N1CCC[C@H]1c1ccc(F)cc1. The molecule has 0 N–H and O–H groups in total. The topological polar surface area (TPSA) is 50.3 Å². The fourth-order valence-corrected chi connectivity index (χ4v) is 6.36. The van der Waals surface area contributed by atoms with Gasteiger partial charge in [-0.1, -0.05) is 18.2 Å². The largest absolute Gasteiger partial charge is 0.255 e. The predicted molar refractivity (Wildman–Crippen MR) is 99.8 cm³/mol. The van der Waals surface area contributed by atoms with Crippen molar-refractivity contribution in [3.8, 4) is 10.6 Å². The molecule has 1 aliphatic heterocycles. The molecule has 0 aliphatic carbocycles. The number of sulfonamides is 1. The molecule has 1 aliphatic rings. The monoisotopic (exact) mass is 388 g/mol. The van der Waals surface area contributed by atoms with Crippen molar-refractivity contribution in [2.24, 2.45) is 0 Å². The summed E-state index contributed by atoms with van der Waals surface area (Å²) in [5.41, 5.74) is 1.59. The molecular weight excluding hydrogens is 371 g/mol. The Morgan fingerprint density at radius 2 is 1.88 bits per heavy atom. The number of pyridine rings is 1. The molecule has 134 valence electrons. The molecule has 0 spiro atoms. The van der Waals surface area contributed by atoms with Crippen molar-refractivity contribution >= 4 is 21.4 Å². The van der Waals surface area contributed by atoms with Gasteiger partial charge >= 0.3 is 0 Å². The Morgan fingerprint density at radius 3 is 2.62 bits per heavy atom. The van der Waals surface area contributed by atoms with Crippen LogP contribution in [-0.2, 0) is 10.0 Å². The molecule has 1 fully saturated rings. The Balaban J connectivity index is 1.65. The highest BCUT2D eigenvalue weighted by Crippen LogP contribution is 2.39. The summed E-state index contributed by atoms with van der Waals surface area (Å²) in [6.07, 6.45) is 3.22. The first-order valence-electron chi connectivity index (χ1n) is 8.34. The van der Waals surface area contributed by atoms with E-state index in [4.69, 9.17) is 0 Å². The number of hydrogen-bond donors (Lipinski definition) is 0. The molecule has 2 aromatic heterocycles. The van der Waals surface area contributed by atoms with Gasteiger partial charge in [0.05, 0.1) is 16.6 Å². The Hall–Kier alpha value is -2.09. The van der Waals surface area contributed by atoms with Crippen molar-refractivity contribution in [3.63, 3.8) is 0 Å². The average molecular weight is 388 g/mol. The van der Waals surface area contributed by atoms with E-state index >= 15 is 0 Å². The number of hydrogen-bond acceptors (Lipinski definition) is 4. The van der Waals surface area contributed by atoms with Crippen LogP contribution in [0.5, 0.6) is 0 Å². The second kappa shape index (κ2) is 6.90. The highest BCUT2D eigenvalue weighted by molar-refractivity contribution is 7.91. The van der Waals surface area contributed by atoms with Crippen LogP contribution in [0.2, 0.25) is 0 Å². The lowest BCUT2D eigenvalue weighted by atomic mass is 10.1. The summed E-state index contributed by atoms with van der Waals surface area (Å²) < 4.78 is 41.4. The quantitative estimate of drug-likeness (QED) is 0.662. The van der Waals surface area contributed by atoms with E-state index in [1.54, 1.807) is 30.5 Å². The van der Waals surface area contributed by atoms with E-state index in [-0.39, 0.29) is 11.9 Å². The number of thiophene rings is 1. The van der Waals surface area contributed by atoms with E-state index in [2.05, 4.69) is 4.98 Å². The molecule has 0 amide bonds. The third-order valence-electron chi connectivity index (χ3n) is 4.52. The van der Waals surface area contributed by atoms with Gasteiger partial charge in [0.1, 0.15) is 10.0 Å². The lowest BCUT2D eigenvalue weighted by Gasteiger charge is -2.23. The third-order valence-corrected chi connectivity index (χ3v) is 8.00. The zero-order valence-electron chi connectivity index (χ0n) is 13.9. The van der Waals surface area contributed by atoms with Crippen LogP contribution in [0.15, 0.2) is 65.0 Å². The van der Waals surface area contributed by atoms with Crippen LogP contribution in [-0.4, -0.2) is 24.3 Å². The lowest BCUT2D eigenvalue weighted by Crippen LogP contribution is -2.30. The maximum absolute atomic E-state index is 13.2. The van der Waals surface area contributed by atoms with Gasteiger partial charge in [-0.2, -0.15) is 4.31 Å². The maximum atomic E-state index is 13.2. The van der Waals surface area contributed by atoms with Crippen molar-refractivity contribution in [2.45, 2.75) is 23.1 Å². The molecule has 1 atom stereocenters. The molecule has 0 radical (unpaired) electrons. The van der Waals surface area contributed by atoms with Gasteiger partial charge in [-0.15, -0.1) is 11.3 Å². The second-order valence-corrected chi connectivity index (χ2v) is 9.36. The molecule has 4 nitrogen and oxygen atoms in total. The highest BCUT2D eigenvalue weighted by Gasteiger charge is 2.37. The number of benzene rings is 1. The van der Waals surface area contributed by atoms with Crippen molar-refractivity contribution < 1.29 is 12.8 Å². The van der Waals surface area contributed by atoms with Gasteiger partial charge in [0.2, 0.25) is 0 Å². The average Bonchev–Trinajstić information content (AvgIpc) is 3.33. The van der Waals surface area contributed by atoms with Gasteiger partial charge in [-0.05, 0) is 54.8 Å². The van der Waals surface area contributed by atoms with E-state index in [0.717, 1.165) is 29.0 Å². The smallest absolute Gasteiger partial charge is 0.253 e. The van der Waals surface area contributed by atoms with Crippen LogP contribution in [0.1, 0.15) is 24.4 Å². The Bertz CT molecular complexity index is 1000. The fraction of sp³-hybridized carbons (Fsp3) is 0.211. The summed E-state index contributed by atoms with van der Waals surface area (Å²) in [4.78, 5) is 5.10. The van der Waals surface area contributed by atoms with Gasteiger partial charge in [-0.3, -0.25) is 4.98 Å². The van der Waals surface area contributed by atoms with Crippen LogP contribution in [0.25, 0.3) is 10.6 Å². The second-order valence-electron chi connectivity index (χ2n) is 6.16. The molecule has 3 aromatic rings. The number of nitrogens with zero attached hydrogens (tertiary/aromatic N) is 2. The standard InChI is InChI=1S/C19H17FN2O2S2/c20-15-8-6-14(7-9-15)17-5-3-13-22(17)26(23,24)19-11-10-18(25-19)16-4-1-2-12-21-16/h1-2,4,6-12,17H,3,5,13H2/t17-/m0/s1. The molecule has 26 heavy (non-hydrogen) atoms. The zero-order valence-corrected chi connectivity index (χ0v) is 15.5. The molecule has 1 saturated heterocycles. The summed E-state index contributed by atoms with van der Waals surface area (Å²) in [6.45, 7) is 0.473. The van der Waals surface area contributed by atoms with E-state index < -0.39 is 10.0 Å². The number of aromatic nitrogens is 1. The van der Waals surface area contributed by atoms with E-state index in [9.17, 15) is 12.8 Å². The third kappa shape index (κ3) is 3.18. The summed E-state index contributed by atoms with van der Waals surface area (Å²) in [5.74, 6) is -0.320. The molecule has 7 heteroatoms. The van der Waals surface area contributed by atoms with Crippen molar-refractivity contribution in [3.05, 3.63) is 72.2 Å². The minimum atomic E-state index is -3.60. The van der Waals surface area contributed by atoms with Crippen LogP contribution in [0.4, 0.5) is 4.39 Å². The van der Waals surface area contributed by atoms with Crippen molar-refractivity contribution in [1.82, 2.24) is 9.29 Å². The Kier molecular flexibility index (Phi) is 4.60. The zero-order chi connectivity index (χ0) is 18.1. The number of halogens is 1. The highest BCUT2D eigenvalue weighted by atomic mass is 32.2. The van der Waals surface area contributed by atoms with Crippen molar-refractivity contribution in [1.29, 1.82) is 0 Å². The van der Waals surface area contributed by atoms with Crippen LogP contribution < -0.4 is 0 Å². The maximum Gasteiger partial charge on any atom is 0.253 e. The van der Waals surface area contributed by atoms with Gasteiger partial charge < -0.3 is 0 Å². The van der Waals surface area contributed by atoms with Crippen LogP contribution in [0.3, 0.4) is 0 Å². The Labute approximate surface area is 156 Å². The van der Waals surface area contributed by atoms with Gasteiger partial charge in [0, 0.05) is 12.7 Å². The molecule has 0 bridgehead atoms. The van der Waals surface area contributed by atoms with Gasteiger partial charge in [0.15, 0.2) is 0 Å². The van der Waals surface area contributed by atoms with Crippen LogP contribution in [0, 0.1) is 5.82 Å². The summed E-state index contributed by atoms with van der Waals surface area (Å²) in [6, 6.07) is 14.8. The first-order chi connectivity index (χ1) is 12.6. The first kappa shape index (κ1) is 17.3. The lowest BCUT2D eigenvalue weighted by molar-refractivity contribution is 0.397. The summed E-state index contributed by atoms with van der Waals surface area (Å²) in [7, 11) is -3.60. The van der Waals surface area contributed by atoms with E-state index in [1.165, 1.54) is 27.8 Å². The van der Waals surface area contributed by atoms with E-state index in [0.29, 0.717) is 10.8 Å². The predicted octanol–water partition coefficient (Wildman–Crippen LogP) is 4.48. The fourth-order valence-electron chi connectivity index (χ4n) is 3.27. The normalized spacial score (nSPS) is 18.3. The molecule has 0 saturated carbocycles. The summed E-state index contributed by atoms with van der Waals surface area (Å²) in [5, 5.41) is 0. The molecule has 0 unspecified atom stereocenters. The molecule has 1 aromatic carbocycles. The minimum absolute atomic E-state index is 0.249. The van der Waals surface area contributed by atoms with Gasteiger partial charge in [0.25, 0.3) is 10.0 Å². The number of rotatable bonds is 4. The molecule has 4 rings (SSSR count). The first-order valence-corrected chi connectivity index (χ1v) is 10.6. The van der Waals surface area contributed by atoms with E-state index in [1.807, 2.05) is 18.2 Å². The minimum Gasteiger partial charge on any atom is -0.255 e. The van der Waals surface area contributed by atoms with Crippen molar-refractivity contribution in [2.75, 3.05) is 6.54 Å². The molecule has 3 heterocycles. The summed E-state index contributed by atoms with van der Waals surface area (Å²) >= 11 is 1.23. The molecular formula is C19H17FN2O2S2. The van der Waals surface area contributed by atoms with Gasteiger partial charge in [-0.25, -0.2) is 12.8 Å². The Morgan fingerprint density at radius 1 is 1.08 bits per heavy atom. The van der Waals surface area contributed by atoms with Crippen LogP contribution >= 0.6 is 11.3 Å².